The van der Waals surface area contributed by atoms with Gasteiger partial charge in [0, 0.05) is 0 Å². The van der Waals surface area contributed by atoms with Crippen molar-refractivity contribution < 1.29 is 9.90 Å². The minimum Gasteiger partial charge on any atom is -0.476 e. The number of aromatic carboxylic acids is 1. The van der Waals surface area contributed by atoms with E-state index in [0.29, 0.717) is 0 Å². The van der Waals surface area contributed by atoms with E-state index in [0.717, 1.165) is 5.56 Å². The third-order valence-electron chi connectivity index (χ3n) is 2.65. The predicted molar refractivity (Wildman–Crippen MR) is 64.5 cm³/mol. The van der Waals surface area contributed by atoms with E-state index in [4.69, 9.17) is 16.7 Å². The number of rotatable bonds is 3. The summed E-state index contributed by atoms with van der Waals surface area (Å²) in [7, 11) is 0. The Kier molecular flexibility index (Phi) is 3.15. The van der Waals surface area contributed by atoms with Crippen molar-refractivity contribution in [3.8, 4) is 0 Å². The maximum Gasteiger partial charge on any atom is 0.355 e. The highest BCUT2D eigenvalue weighted by molar-refractivity contribution is 6.32. The van der Waals surface area contributed by atoms with Crippen LogP contribution in [0.15, 0.2) is 36.7 Å². The fourth-order valence-corrected chi connectivity index (χ4v) is 1.94. The molecule has 0 aliphatic rings. The molecule has 0 radical (unpaired) electrons. The third-order valence-corrected chi connectivity index (χ3v) is 2.93. The van der Waals surface area contributed by atoms with E-state index in [1.165, 1.54) is 6.33 Å². The Labute approximate surface area is 103 Å². The van der Waals surface area contributed by atoms with Crippen LogP contribution < -0.4 is 0 Å². The zero-order valence-electron chi connectivity index (χ0n) is 9.17. The van der Waals surface area contributed by atoms with Crippen LogP contribution in [-0.2, 0) is 0 Å². The number of hydrogen-bond acceptors (Lipinski definition) is 2. The molecule has 88 valence electrons. The van der Waals surface area contributed by atoms with Crippen LogP contribution in [0.5, 0.6) is 0 Å². The van der Waals surface area contributed by atoms with Gasteiger partial charge >= 0.3 is 5.97 Å². The van der Waals surface area contributed by atoms with Gasteiger partial charge in [0.25, 0.3) is 0 Å². The van der Waals surface area contributed by atoms with Gasteiger partial charge in [-0.1, -0.05) is 41.9 Å². The lowest BCUT2D eigenvalue weighted by molar-refractivity contribution is 0.0684. The number of carbonyl (C=O) groups is 1. The smallest absolute Gasteiger partial charge is 0.355 e. The first-order valence-corrected chi connectivity index (χ1v) is 5.49. The maximum absolute atomic E-state index is 11.1. The van der Waals surface area contributed by atoms with Crippen molar-refractivity contribution in [2.75, 3.05) is 0 Å². The van der Waals surface area contributed by atoms with Crippen molar-refractivity contribution in [1.82, 2.24) is 9.55 Å². The zero-order valence-corrected chi connectivity index (χ0v) is 9.93. The predicted octanol–water partition coefficient (Wildman–Crippen LogP) is 2.84. The Morgan fingerprint density at radius 1 is 1.41 bits per heavy atom. The lowest BCUT2D eigenvalue weighted by atomic mass is 10.1. The molecule has 1 unspecified atom stereocenters. The van der Waals surface area contributed by atoms with Crippen molar-refractivity contribution >= 4 is 17.6 Å². The molecule has 2 aromatic rings. The number of aromatic nitrogens is 2. The van der Waals surface area contributed by atoms with E-state index < -0.39 is 5.97 Å². The standard InChI is InChI=1S/C12H11ClN2O2/c1-8(9-5-3-2-4-6-9)15-7-14-11(13)10(15)12(16)17/h2-8H,1H3,(H,16,17). The molecular weight excluding hydrogens is 240 g/mol. The third kappa shape index (κ3) is 2.17. The van der Waals surface area contributed by atoms with E-state index in [9.17, 15) is 4.79 Å². The minimum atomic E-state index is -1.07. The number of halogens is 1. The van der Waals surface area contributed by atoms with Crippen molar-refractivity contribution in [3.05, 3.63) is 53.1 Å². The van der Waals surface area contributed by atoms with Crippen LogP contribution in [-0.4, -0.2) is 20.6 Å². The Morgan fingerprint density at radius 3 is 2.65 bits per heavy atom. The van der Waals surface area contributed by atoms with E-state index in [-0.39, 0.29) is 16.9 Å². The number of carboxylic acids is 1. The van der Waals surface area contributed by atoms with Gasteiger partial charge in [-0.25, -0.2) is 9.78 Å². The normalized spacial score (nSPS) is 12.4. The summed E-state index contributed by atoms with van der Waals surface area (Å²) < 4.78 is 1.56. The summed E-state index contributed by atoms with van der Waals surface area (Å²) in [5.74, 6) is -1.07. The van der Waals surface area contributed by atoms with Crippen molar-refractivity contribution in [2.24, 2.45) is 0 Å². The Hall–Kier alpha value is -1.81. The van der Waals surface area contributed by atoms with Gasteiger partial charge in [0.2, 0.25) is 0 Å². The highest BCUT2D eigenvalue weighted by atomic mass is 35.5. The largest absolute Gasteiger partial charge is 0.476 e. The molecule has 1 atom stereocenters. The van der Waals surface area contributed by atoms with Crippen LogP contribution in [0.2, 0.25) is 5.15 Å². The van der Waals surface area contributed by atoms with E-state index in [1.54, 1.807) is 4.57 Å². The number of carboxylic acid groups (broad SMARTS) is 1. The molecule has 1 N–H and O–H groups in total. The summed E-state index contributed by atoms with van der Waals surface area (Å²) in [5.41, 5.74) is 1.02. The van der Waals surface area contributed by atoms with Crippen LogP contribution in [0.1, 0.15) is 29.0 Å². The molecule has 1 aromatic carbocycles. The van der Waals surface area contributed by atoms with Crippen LogP contribution in [0.4, 0.5) is 0 Å². The van der Waals surface area contributed by atoms with Crippen LogP contribution in [0.25, 0.3) is 0 Å². The van der Waals surface area contributed by atoms with Gasteiger partial charge in [-0.3, -0.25) is 0 Å². The summed E-state index contributed by atoms with van der Waals surface area (Å²) in [5, 5.41) is 9.10. The second-order valence-electron chi connectivity index (χ2n) is 3.68. The fraction of sp³-hybridized carbons (Fsp3) is 0.167. The monoisotopic (exact) mass is 250 g/mol. The van der Waals surface area contributed by atoms with Gasteiger partial charge in [0.05, 0.1) is 12.4 Å². The first-order valence-electron chi connectivity index (χ1n) is 5.12. The number of benzene rings is 1. The van der Waals surface area contributed by atoms with Gasteiger partial charge < -0.3 is 9.67 Å². The van der Waals surface area contributed by atoms with Crippen molar-refractivity contribution in [3.63, 3.8) is 0 Å². The Bertz CT molecular complexity index is 537. The van der Waals surface area contributed by atoms with Gasteiger partial charge in [0.15, 0.2) is 10.8 Å². The zero-order chi connectivity index (χ0) is 12.4. The molecule has 0 saturated carbocycles. The average Bonchev–Trinajstić information content (AvgIpc) is 2.71. The second-order valence-corrected chi connectivity index (χ2v) is 4.04. The molecule has 2 rings (SSSR count). The van der Waals surface area contributed by atoms with Crippen LogP contribution in [0.3, 0.4) is 0 Å². The molecule has 5 heteroatoms. The molecule has 0 aliphatic carbocycles. The number of imidazole rings is 1. The fourth-order valence-electron chi connectivity index (χ4n) is 1.72. The highest BCUT2D eigenvalue weighted by Crippen LogP contribution is 2.23. The maximum atomic E-state index is 11.1. The average molecular weight is 251 g/mol. The number of nitrogens with zero attached hydrogens (tertiary/aromatic N) is 2. The summed E-state index contributed by atoms with van der Waals surface area (Å²) in [6.45, 7) is 1.90. The van der Waals surface area contributed by atoms with E-state index in [2.05, 4.69) is 4.98 Å². The topological polar surface area (TPSA) is 55.1 Å². The van der Waals surface area contributed by atoms with Crippen molar-refractivity contribution in [2.45, 2.75) is 13.0 Å². The molecule has 0 amide bonds. The van der Waals surface area contributed by atoms with Crippen LogP contribution >= 0.6 is 11.6 Å². The molecule has 0 bridgehead atoms. The molecule has 17 heavy (non-hydrogen) atoms. The van der Waals surface area contributed by atoms with Crippen LogP contribution in [0, 0.1) is 0 Å². The summed E-state index contributed by atoms with van der Waals surface area (Å²) in [6.07, 6.45) is 1.45. The first-order chi connectivity index (χ1) is 8.11. The first kappa shape index (κ1) is 11.7. The molecule has 4 nitrogen and oxygen atoms in total. The molecule has 0 fully saturated rings. The SMILES string of the molecule is CC(c1ccccc1)n1cnc(Cl)c1C(=O)O. The van der Waals surface area contributed by atoms with Crippen molar-refractivity contribution in [1.29, 1.82) is 0 Å². The number of hydrogen-bond donors (Lipinski definition) is 1. The Morgan fingerprint density at radius 2 is 2.06 bits per heavy atom. The molecule has 1 heterocycles. The second kappa shape index (κ2) is 4.59. The molecule has 1 aromatic heterocycles. The summed E-state index contributed by atoms with van der Waals surface area (Å²) >= 11 is 5.76. The van der Waals surface area contributed by atoms with Gasteiger partial charge in [-0.2, -0.15) is 0 Å². The lowest BCUT2D eigenvalue weighted by Crippen LogP contribution is -2.13. The van der Waals surface area contributed by atoms with E-state index in [1.807, 2.05) is 37.3 Å². The van der Waals surface area contributed by atoms with Gasteiger partial charge in [-0.05, 0) is 12.5 Å². The van der Waals surface area contributed by atoms with Gasteiger partial charge in [0.1, 0.15) is 0 Å². The van der Waals surface area contributed by atoms with E-state index >= 15 is 0 Å². The molecule has 0 saturated heterocycles. The Balaban J connectivity index is 2.45. The van der Waals surface area contributed by atoms with Gasteiger partial charge in [-0.15, -0.1) is 0 Å². The minimum absolute atomic E-state index is 0.0141. The lowest BCUT2D eigenvalue weighted by Gasteiger charge is -2.15. The quantitative estimate of drug-likeness (QED) is 0.911. The summed E-state index contributed by atoms with van der Waals surface area (Å²) in [6, 6.07) is 9.47. The molecule has 0 spiro atoms. The highest BCUT2D eigenvalue weighted by Gasteiger charge is 2.20. The molecular formula is C12H11ClN2O2. The summed E-state index contributed by atoms with van der Waals surface area (Å²) in [4.78, 5) is 14.9. The molecule has 0 aliphatic heterocycles.